The first kappa shape index (κ1) is 23.6. The van der Waals surface area contributed by atoms with Gasteiger partial charge in [0.2, 0.25) is 11.8 Å². The molecule has 2 aromatic carbocycles. The van der Waals surface area contributed by atoms with Gasteiger partial charge < -0.3 is 0 Å². The lowest BCUT2D eigenvalue weighted by Gasteiger charge is -2.09. The van der Waals surface area contributed by atoms with Gasteiger partial charge in [0.05, 0.1) is 0 Å². The van der Waals surface area contributed by atoms with E-state index in [0.717, 1.165) is 8.95 Å². The molecule has 10 heteroatoms. The van der Waals surface area contributed by atoms with Crippen LogP contribution in [0.1, 0.15) is 46.4 Å². The van der Waals surface area contributed by atoms with E-state index < -0.39 is 11.8 Å². The summed E-state index contributed by atoms with van der Waals surface area (Å²) in [5, 5.41) is 0. The molecular formula is C20H20Br2N4O4. The first-order valence-corrected chi connectivity index (χ1v) is 10.6. The second-order valence-corrected chi connectivity index (χ2v) is 8.06. The first-order chi connectivity index (χ1) is 14.3. The normalized spacial score (nSPS) is 10.1. The third-order valence-corrected chi connectivity index (χ3v) is 4.85. The summed E-state index contributed by atoms with van der Waals surface area (Å²) >= 11 is 6.55. The number of carbonyl (C=O) groups excluding carboxylic acids is 4. The molecule has 158 valence electrons. The molecule has 0 aliphatic carbocycles. The average Bonchev–Trinajstić information content (AvgIpc) is 2.73. The summed E-state index contributed by atoms with van der Waals surface area (Å²) in [4.78, 5) is 47.5. The van der Waals surface area contributed by atoms with Gasteiger partial charge in [-0.2, -0.15) is 0 Å². The Morgan fingerprint density at radius 3 is 1.40 bits per heavy atom. The Morgan fingerprint density at radius 1 is 0.633 bits per heavy atom. The molecule has 0 aliphatic rings. The fraction of sp³-hybridized carbons (Fsp3) is 0.200. The highest BCUT2D eigenvalue weighted by molar-refractivity contribution is 9.10. The maximum atomic E-state index is 11.9. The molecule has 0 fully saturated rings. The Hall–Kier alpha value is -2.72. The lowest BCUT2D eigenvalue weighted by Crippen LogP contribution is -2.42. The number of hydrogen-bond acceptors (Lipinski definition) is 4. The zero-order valence-electron chi connectivity index (χ0n) is 15.8. The van der Waals surface area contributed by atoms with Crippen molar-refractivity contribution >= 4 is 55.5 Å². The Labute approximate surface area is 190 Å². The fourth-order valence-electron chi connectivity index (χ4n) is 2.35. The topological polar surface area (TPSA) is 116 Å². The number of halogens is 2. The minimum atomic E-state index is -0.426. The lowest BCUT2D eigenvalue weighted by atomic mass is 10.2. The second kappa shape index (κ2) is 12.1. The Morgan fingerprint density at radius 2 is 1.03 bits per heavy atom. The summed E-state index contributed by atoms with van der Waals surface area (Å²) in [5.74, 6) is -1.57. The molecule has 0 spiro atoms. The van der Waals surface area contributed by atoms with Gasteiger partial charge in [-0.1, -0.05) is 44.0 Å². The van der Waals surface area contributed by atoms with Crippen LogP contribution in [-0.2, 0) is 9.59 Å². The van der Waals surface area contributed by atoms with E-state index in [1.165, 1.54) is 0 Å². The highest BCUT2D eigenvalue weighted by Gasteiger charge is 2.10. The molecule has 0 radical (unpaired) electrons. The number of rotatable bonds is 7. The van der Waals surface area contributed by atoms with Gasteiger partial charge in [-0.05, 0) is 49.2 Å². The van der Waals surface area contributed by atoms with Crippen LogP contribution in [-0.4, -0.2) is 23.6 Å². The van der Waals surface area contributed by atoms with E-state index in [9.17, 15) is 19.2 Å². The minimum absolute atomic E-state index is 0.149. The highest BCUT2D eigenvalue weighted by Crippen LogP contribution is 2.12. The van der Waals surface area contributed by atoms with E-state index >= 15 is 0 Å². The number of nitrogens with one attached hydrogen (secondary N) is 4. The summed E-state index contributed by atoms with van der Waals surface area (Å²) in [7, 11) is 0. The predicted molar refractivity (Wildman–Crippen MR) is 118 cm³/mol. The van der Waals surface area contributed by atoms with E-state index in [1.54, 1.807) is 48.5 Å². The van der Waals surface area contributed by atoms with Gasteiger partial charge in [-0.25, -0.2) is 0 Å². The molecule has 0 unspecified atom stereocenters. The van der Waals surface area contributed by atoms with Crippen molar-refractivity contribution in [3.8, 4) is 0 Å². The number of unbranched alkanes of at least 4 members (excludes halogenated alkanes) is 1. The Balaban J connectivity index is 1.59. The van der Waals surface area contributed by atoms with Crippen molar-refractivity contribution in [2.45, 2.75) is 25.7 Å². The van der Waals surface area contributed by atoms with Gasteiger partial charge >= 0.3 is 0 Å². The summed E-state index contributed by atoms with van der Waals surface area (Å²) in [6.07, 6.45) is 1.20. The summed E-state index contributed by atoms with van der Waals surface area (Å²) in [6, 6.07) is 13.5. The van der Waals surface area contributed by atoms with Crippen LogP contribution in [0.25, 0.3) is 0 Å². The van der Waals surface area contributed by atoms with Crippen LogP contribution in [0.3, 0.4) is 0 Å². The molecule has 0 aromatic heterocycles. The van der Waals surface area contributed by atoms with Crippen LogP contribution in [0, 0.1) is 0 Å². The van der Waals surface area contributed by atoms with Crippen molar-refractivity contribution in [2.75, 3.05) is 0 Å². The van der Waals surface area contributed by atoms with E-state index in [4.69, 9.17) is 0 Å². The predicted octanol–water partition coefficient (Wildman–Crippen LogP) is 2.99. The second-order valence-electron chi connectivity index (χ2n) is 6.23. The summed E-state index contributed by atoms with van der Waals surface area (Å²) in [5.41, 5.74) is 10.2. The number of amides is 4. The molecule has 0 heterocycles. The zero-order valence-corrected chi connectivity index (χ0v) is 19.0. The Kier molecular flexibility index (Phi) is 9.49. The van der Waals surface area contributed by atoms with E-state index in [0.29, 0.717) is 24.0 Å². The van der Waals surface area contributed by atoms with Gasteiger partial charge in [0.15, 0.2) is 0 Å². The minimum Gasteiger partial charge on any atom is -0.273 e. The van der Waals surface area contributed by atoms with Gasteiger partial charge in [-0.3, -0.25) is 40.9 Å². The molecule has 8 nitrogen and oxygen atoms in total. The summed E-state index contributed by atoms with van der Waals surface area (Å²) in [6.45, 7) is 0. The molecule has 4 amide bonds. The molecule has 0 atom stereocenters. The standard InChI is InChI=1S/C20H20Br2N4O4/c21-15-7-3-5-13(11-15)19(29)25-23-17(27)9-1-2-10-18(28)24-26-20(30)14-6-4-8-16(22)12-14/h3-8,11-12H,1-2,9-10H2,(H,23,27)(H,24,28)(H,25,29)(H,26,30). The van der Waals surface area contributed by atoms with E-state index in [2.05, 4.69) is 53.6 Å². The van der Waals surface area contributed by atoms with Crippen LogP contribution < -0.4 is 21.7 Å². The maximum absolute atomic E-state index is 11.9. The van der Waals surface area contributed by atoms with Crippen molar-refractivity contribution in [1.82, 2.24) is 21.7 Å². The molecule has 4 N–H and O–H groups in total. The van der Waals surface area contributed by atoms with E-state index in [1.807, 2.05) is 0 Å². The van der Waals surface area contributed by atoms with Gasteiger partial charge in [-0.15, -0.1) is 0 Å². The van der Waals surface area contributed by atoms with Gasteiger partial charge in [0, 0.05) is 32.9 Å². The molecule has 0 bridgehead atoms. The summed E-state index contributed by atoms with van der Waals surface area (Å²) < 4.78 is 1.51. The van der Waals surface area contributed by atoms with Crippen molar-refractivity contribution in [2.24, 2.45) is 0 Å². The van der Waals surface area contributed by atoms with E-state index in [-0.39, 0.29) is 24.7 Å². The van der Waals surface area contributed by atoms with Crippen molar-refractivity contribution in [3.63, 3.8) is 0 Å². The quantitative estimate of drug-likeness (QED) is 0.319. The molecule has 0 saturated heterocycles. The smallest absolute Gasteiger partial charge is 0.269 e. The molecule has 30 heavy (non-hydrogen) atoms. The van der Waals surface area contributed by atoms with Crippen LogP contribution in [0.15, 0.2) is 57.5 Å². The molecule has 2 rings (SSSR count). The number of hydrogen-bond donors (Lipinski definition) is 4. The van der Waals surface area contributed by atoms with Crippen molar-refractivity contribution < 1.29 is 19.2 Å². The first-order valence-electron chi connectivity index (χ1n) is 9.04. The van der Waals surface area contributed by atoms with Gasteiger partial charge in [0.1, 0.15) is 0 Å². The maximum Gasteiger partial charge on any atom is 0.269 e. The molecule has 0 aliphatic heterocycles. The largest absolute Gasteiger partial charge is 0.273 e. The molecular weight excluding hydrogens is 520 g/mol. The third kappa shape index (κ3) is 8.34. The van der Waals surface area contributed by atoms with Crippen LogP contribution in [0.4, 0.5) is 0 Å². The van der Waals surface area contributed by atoms with Crippen LogP contribution in [0.5, 0.6) is 0 Å². The van der Waals surface area contributed by atoms with Crippen molar-refractivity contribution in [3.05, 3.63) is 68.6 Å². The number of hydrazine groups is 2. The van der Waals surface area contributed by atoms with Gasteiger partial charge in [0.25, 0.3) is 11.8 Å². The third-order valence-electron chi connectivity index (χ3n) is 3.86. The monoisotopic (exact) mass is 538 g/mol. The number of carbonyl (C=O) groups is 4. The van der Waals surface area contributed by atoms with Crippen molar-refractivity contribution in [1.29, 1.82) is 0 Å². The molecule has 2 aromatic rings. The fourth-order valence-corrected chi connectivity index (χ4v) is 3.15. The van der Waals surface area contributed by atoms with Crippen LogP contribution >= 0.6 is 31.9 Å². The van der Waals surface area contributed by atoms with Crippen LogP contribution in [0.2, 0.25) is 0 Å². The number of benzene rings is 2. The average molecular weight is 540 g/mol. The Bertz CT molecular complexity index is 861. The zero-order chi connectivity index (χ0) is 21.9. The highest BCUT2D eigenvalue weighted by atomic mass is 79.9. The lowest BCUT2D eigenvalue weighted by molar-refractivity contribution is -0.123. The SMILES string of the molecule is O=C(CCCCC(=O)NNC(=O)c1cccc(Br)c1)NNC(=O)c1cccc(Br)c1. The molecule has 0 saturated carbocycles.